The topological polar surface area (TPSA) is 50.8 Å². The number of rotatable bonds is 7. The Hall–Kier alpha value is -2.99. The third-order valence-corrected chi connectivity index (χ3v) is 6.44. The number of hydrogen-bond acceptors (Lipinski definition) is 4. The summed E-state index contributed by atoms with van der Waals surface area (Å²) in [7, 11) is 0. The van der Waals surface area contributed by atoms with E-state index in [0.717, 1.165) is 12.0 Å². The molecule has 0 saturated carbocycles. The molecule has 0 spiro atoms. The molecule has 1 amide bonds. The van der Waals surface area contributed by atoms with Gasteiger partial charge in [-0.15, -0.1) is 0 Å². The average molecular weight is 443 g/mol. The molecule has 5 nitrogen and oxygen atoms in total. The molecule has 0 aliphatic carbocycles. The summed E-state index contributed by atoms with van der Waals surface area (Å²) in [4.78, 5) is 15.4. The highest BCUT2D eigenvalue weighted by molar-refractivity contribution is 5.82. The first-order valence-corrected chi connectivity index (χ1v) is 11.7. The van der Waals surface area contributed by atoms with E-state index in [1.165, 1.54) is 11.1 Å². The molecule has 170 valence electrons. The standard InChI is InChI=1S/C28H30N2O3/c1-2-18-29-27(31)26-24-19-30(20-28(32-24,33-26)23-16-10-5-11-17-23)25(21-12-6-3-7-13-21)22-14-8-4-9-15-22/h3-17,24-26H,2,18-20H2,1H3,(H,29,31)/t24-,26+,28+/m0/s1. The van der Waals surface area contributed by atoms with E-state index in [2.05, 4.69) is 58.7 Å². The smallest absolute Gasteiger partial charge is 0.252 e. The molecule has 2 bridgehead atoms. The van der Waals surface area contributed by atoms with Gasteiger partial charge in [-0.2, -0.15) is 0 Å². The van der Waals surface area contributed by atoms with Crippen molar-refractivity contribution in [3.05, 3.63) is 108 Å². The summed E-state index contributed by atoms with van der Waals surface area (Å²) in [5.74, 6) is -1.09. The van der Waals surface area contributed by atoms with Gasteiger partial charge in [-0.1, -0.05) is 97.9 Å². The van der Waals surface area contributed by atoms with Gasteiger partial charge in [-0.05, 0) is 17.5 Å². The molecule has 3 atom stereocenters. The Morgan fingerprint density at radius 3 is 2.09 bits per heavy atom. The maximum atomic E-state index is 13.0. The van der Waals surface area contributed by atoms with Crippen LogP contribution in [0.4, 0.5) is 0 Å². The second-order valence-corrected chi connectivity index (χ2v) is 8.76. The van der Waals surface area contributed by atoms with Gasteiger partial charge in [0.05, 0.1) is 12.6 Å². The highest BCUT2D eigenvalue weighted by atomic mass is 16.8. The first-order valence-electron chi connectivity index (χ1n) is 11.7. The fourth-order valence-corrected chi connectivity index (χ4v) is 4.96. The van der Waals surface area contributed by atoms with E-state index in [1.54, 1.807) is 0 Å². The lowest BCUT2D eigenvalue weighted by atomic mass is 9.94. The molecule has 2 aliphatic rings. The molecular weight excluding hydrogens is 412 g/mol. The van der Waals surface area contributed by atoms with Crippen LogP contribution in [0.25, 0.3) is 0 Å². The molecular formula is C28H30N2O3. The summed E-state index contributed by atoms with van der Waals surface area (Å²) >= 11 is 0. The Morgan fingerprint density at radius 2 is 1.52 bits per heavy atom. The Balaban J connectivity index is 1.54. The number of amides is 1. The molecule has 33 heavy (non-hydrogen) atoms. The number of carbonyl (C=O) groups excluding carboxylic acids is 1. The Labute approximate surface area is 195 Å². The second-order valence-electron chi connectivity index (χ2n) is 8.76. The molecule has 1 N–H and O–H groups in total. The average Bonchev–Trinajstić information content (AvgIpc) is 3.16. The zero-order chi connectivity index (χ0) is 22.7. The molecule has 5 heteroatoms. The van der Waals surface area contributed by atoms with Gasteiger partial charge in [0.1, 0.15) is 6.10 Å². The van der Waals surface area contributed by atoms with Crippen molar-refractivity contribution in [2.45, 2.75) is 37.4 Å². The number of hydrogen-bond donors (Lipinski definition) is 1. The molecule has 5 rings (SSSR count). The van der Waals surface area contributed by atoms with Gasteiger partial charge in [-0.3, -0.25) is 9.69 Å². The molecule has 0 aromatic heterocycles. The van der Waals surface area contributed by atoms with Gasteiger partial charge >= 0.3 is 0 Å². The van der Waals surface area contributed by atoms with Crippen LogP contribution in [0, 0.1) is 0 Å². The van der Waals surface area contributed by atoms with Gasteiger partial charge in [-0.25, -0.2) is 0 Å². The quantitative estimate of drug-likeness (QED) is 0.594. The van der Waals surface area contributed by atoms with Crippen LogP contribution < -0.4 is 5.32 Å². The highest BCUT2D eigenvalue weighted by Gasteiger charge is 2.57. The fraction of sp³-hybridized carbons (Fsp3) is 0.321. The van der Waals surface area contributed by atoms with E-state index >= 15 is 0 Å². The molecule has 0 unspecified atom stereocenters. The van der Waals surface area contributed by atoms with E-state index in [-0.39, 0.29) is 18.1 Å². The molecule has 0 radical (unpaired) electrons. The Kier molecular flexibility index (Phi) is 6.27. The summed E-state index contributed by atoms with van der Waals surface area (Å²) in [5, 5.41) is 3.00. The van der Waals surface area contributed by atoms with Crippen LogP contribution in [0.2, 0.25) is 0 Å². The number of morpholine rings is 1. The Bertz CT molecular complexity index is 1020. The van der Waals surface area contributed by atoms with Gasteiger partial charge in [0, 0.05) is 18.7 Å². The van der Waals surface area contributed by atoms with Gasteiger partial charge in [0.25, 0.3) is 5.91 Å². The lowest BCUT2D eigenvalue weighted by Crippen LogP contribution is -2.51. The van der Waals surface area contributed by atoms with Gasteiger partial charge in [0.2, 0.25) is 5.79 Å². The van der Waals surface area contributed by atoms with Crippen LogP contribution in [-0.4, -0.2) is 42.6 Å². The van der Waals surface area contributed by atoms with Crippen LogP contribution in [-0.2, 0) is 20.1 Å². The zero-order valence-electron chi connectivity index (χ0n) is 18.9. The highest BCUT2D eigenvalue weighted by Crippen LogP contribution is 2.45. The summed E-state index contributed by atoms with van der Waals surface area (Å²) in [6, 6.07) is 31.1. The monoisotopic (exact) mass is 442 g/mol. The predicted molar refractivity (Wildman–Crippen MR) is 127 cm³/mol. The number of fused-ring (bicyclic) bond motifs is 2. The number of nitrogens with one attached hydrogen (secondary N) is 1. The number of nitrogens with zero attached hydrogens (tertiary/aromatic N) is 1. The van der Waals surface area contributed by atoms with Crippen LogP contribution in [0.1, 0.15) is 36.1 Å². The zero-order valence-corrected chi connectivity index (χ0v) is 18.9. The number of ether oxygens (including phenoxy) is 2. The summed E-state index contributed by atoms with van der Waals surface area (Å²) in [6.45, 7) is 3.80. The van der Waals surface area contributed by atoms with Crippen molar-refractivity contribution in [2.75, 3.05) is 19.6 Å². The van der Waals surface area contributed by atoms with Crippen LogP contribution in [0.3, 0.4) is 0 Å². The van der Waals surface area contributed by atoms with E-state index in [1.807, 2.05) is 49.4 Å². The molecule has 2 saturated heterocycles. The molecule has 3 aromatic carbocycles. The molecule has 2 heterocycles. The van der Waals surface area contributed by atoms with E-state index < -0.39 is 11.9 Å². The minimum Gasteiger partial charge on any atom is -0.354 e. The third-order valence-electron chi connectivity index (χ3n) is 6.44. The number of carbonyl (C=O) groups is 1. The Morgan fingerprint density at radius 1 is 0.939 bits per heavy atom. The molecule has 2 fully saturated rings. The van der Waals surface area contributed by atoms with E-state index in [9.17, 15) is 4.79 Å². The first kappa shape index (κ1) is 21.8. The van der Waals surface area contributed by atoms with Gasteiger partial charge < -0.3 is 14.8 Å². The largest absolute Gasteiger partial charge is 0.354 e. The van der Waals surface area contributed by atoms with Crippen molar-refractivity contribution in [1.29, 1.82) is 0 Å². The predicted octanol–water partition coefficient (Wildman–Crippen LogP) is 4.25. The molecule has 3 aromatic rings. The SMILES string of the molecule is CCCNC(=O)[C@@H]1O[C@@]2(c3ccccc3)CN(C(c3ccccc3)c3ccccc3)C[C@@H]1O2. The minimum atomic E-state index is -0.986. The van der Waals surface area contributed by atoms with Crippen LogP contribution in [0.5, 0.6) is 0 Å². The maximum absolute atomic E-state index is 13.0. The lowest BCUT2D eigenvalue weighted by Gasteiger charge is -2.42. The van der Waals surface area contributed by atoms with Crippen molar-refractivity contribution in [2.24, 2.45) is 0 Å². The lowest BCUT2D eigenvalue weighted by molar-refractivity contribution is -0.220. The van der Waals surface area contributed by atoms with Crippen LogP contribution in [0.15, 0.2) is 91.0 Å². The number of benzene rings is 3. The minimum absolute atomic E-state index is 0.0305. The summed E-state index contributed by atoms with van der Waals surface area (Å²) in [6.07, 6.45) is -0.121. The first-order chi connectivity index (χ1) is 16.2. The van der Waals surface area contributed by atoms with E-state index in [4.69, 9.17) is 9.47 Å². The van der Waals surface area contributed by atoms with Crippen molar-refractivity contribution in [3.63, 3.8) is 0 Å². The summed E-state index contributed by atoms with van der Waals surface area (Å²) < 4.78 is 13.0. The van der Waals surface area contributed by atoms with Crippen molar-refractivity contribution in [3.8, 4) is 0 Å². The third kappa shape index (κ3) is 4.32. The summed E-state index contributed by atoms with van der Waals surface area (Å²) in [5.41, 5.74) is 3.35. The van der Waals surface area contributed by atoms with E-state index in [0.29, 0.717) is 19.6 Å². The van der Waals surface area contributed by atoms with Crippen molar-refractivity contribution < 1.29 is 14.3 Å². The molecule has 2 aliphatic heterocycles. The fourth-order valence-electron chi connectivity index (χ4n) is 4.96. The van der Waals surface area contributed by atoms with Crippen LogP contribution >= 0.6 is 0 Å². The maximum Gasteiger partial charge on any atom is 0.252 e. The normalized spacial score (nSPS) is 24.7. The van der Waals surface area contributed by atoms with Crippen molar-refractivity contribution in [1.82, 2.24) is 10.2 Å². The second kappa shape index (κ2) is 9.48. The van der Waals surface area contributed by atoms with Gasteiger partial charge in [0.15, 0.2) is 6.10 Å². The van der Waals surface area contributed by atoms with Crippen molar-refractivity contribution >= 4 is 5.91 Å².